The molecule has 1 aromatic heterocycles. The van der Waals surface area contributed by atoms with Crippen LogP contribution in [0.3, 0.4) is 0 Å². The third-order valence-electron chi connectivity index (χ3n) is 4.23. The largest absolute Gasteiger partial charge is 0.372 e. The summed E-state index contributed by atoms with van der Waals surface area (Å²) in [4.78, 5) is 14.4. The van der Waals surface area contributed by atoms with Gasteiger partial charge in [0, 0.05) is 30.2 Å². The average Bonchev–Trinajstić information content (AvgIpc) is 3.02. The molecule has 6 nitrogen and oxygen atoms in total. The van der Waals surface area contributed by atoms with Gasteiger partial charge in [0.2, 0.25) is 5.91 Å². The Kier molecular flexibility index (Phi) is 6.21. The SMILES string of the molecule is CCn1c(SCC(=O)N2C[C@@H](C)O[C@@H](C)C2)nnc1-c1ccc(Cl)cc1. The van der Waals surface area contributed by atoms with Crippen LogP contribution in [0.1, 0.15) is 20.8 Å². The molecule has 0 N–H and O–H groups in total. The number of ether oxygens (including phenoxy) is 1. The van der Waals surface area contributed by atoms with E-state index >= 15 is 0 Å². The fourth-order valence-corrected chi connectivity index (χ4v) is 4.12. The van der Waals surface area contributed by atoms with Gasteiger partial charge in [-0.3, -0.25) is 4.79 Å². The molecular weight excluding hydrogens is 372 g/mol. The monoisotopic (exact) mass is 394 g/mol. The number of amides is 1. The van der Waals surface area contributed by atoms with Gasteiger partial charge in [0.25, 0.3) is 0 Å². The molecule has 1 amide bonds. The molecule has 0 spiro atoms. The van der Waals surface area contributed by atoms with E-state index < -0.39 is 0 Å². The van der Waals surface area contributed by atoms with Crippen LogP contribution in [0.4, 0.5) is 0 Å². The molecule has 2 atom stereocenters. The van der Waals surface area contributed by atoms with Gasteiger partial charge in [-0.2, -0.15) is 0 Å². The van der Waals surface area contributed by atoms with E-state index in [1.165, 1.54) is 11.8 Å². The van der Waals surface area contributed by atoms with Gasteiger partial charge >= 0.3 is 0 Å². The standard InChI is InChI=1S/C18H23ClN4O2S/c1-4-23-17(14-5-7-15(19)8-6-14)20-21-18(23)26-11-16(24)22-9-12(2)25-13(3)10-22/h5-8,12-13H,4,9-11H2,1-3H3/t12-,13+. The van der Waals surface area contributed by atoms with Crippen LogP contribution in [0, 0.1) is 0 Å². The van der Waals surface area contributed by atoms with Gasteiger partial charge in [-0.05, 0) is 45.0 Å². The maximum atomic E-state index is 12.6. The molecule has 0 unspecified atom stereocenters. The van der Waals surface area contributed by atoms with Crippen LogP contribution in [0.5, 0.6) is 0 Å². The third kappa shape index (κ3) is 4.39. The summed E-state index contributed by atoms with van der Waals surface area (Å²) in [7, 11) is 0. The van der Waals surface area contributed by atoms with E-state index in [0.29, 0.717) is 23.9 Å². The van der Waals surface area contributed by atoms with Gasteiger partial charge in [-0.25, -0.2) is 0 Å². The third-order valence-corrected chi connectivity index (χ3v) is 5.44. The van der Waals surface area contributed by atoms with E-state index in [1.54, 1.807) is 0 Å². The van der Waals surface area contributed by atoms with Gasteiger partial charge in [-0.15, -0.1) is 10.2 Å². The van der Waals surface area contributed by atoms with Crippen molar-refractivity contribution in [1.82, 2.24) is 19.7 Å². The van der Waals surface area contributed by atoms with Crippen molar-refractivity contribution in [1.29, 1.82) is 0 Å². The highest BCUT2D eigenvalue weighted by Gasteiger charge is 2.26. The zero-order chi connectivity index (χ0) is 18.7. The Bertz CT molecular complexity index is 755. The summed E-state index contributed by atoms with van der Waals surface area (Å²) >= 11 is 7.38. The second-order valence-corrected chi connectivity index (χ2v) is 7.78. The molecule has 1 fully saturated rings. The molecule has 1 aromatic carbocycles. The zero-order valence-electron chi connectivity index (χ0n) is 15.2. The number of halogens is 1. The molecule has 140 valence electrons. The average molecular weight is 395 g/mol. The minimum Gasteiger partial charge on any atom is -0.372 e. The van der Waals surface area contributed by atoms with Crippen molar-refractivity contribution in [3.05, 3.63) is 29.3 Å². The van der Waals surface area contributed by atoms with E-state index in [4.69, 9.17) is 16.3 Å². The highest BCUT2D eigenvalue weighted by atomic mass is 35.5. The minimum atomic E-state index is 0.0727. The molecule has 1 saturated heterocycles. The number of hydrogen-bond donors (Lipinski definition) is 0. The molecular formula is C18H23ClN4O2S. The van der Waals surface area contributed by atoms with Crippen LogP contribution in [0.25, 0.3) is 11.4 Å². The number of carbonyl (C=O) groups is 1. The summed E-state index contributed by atoms with van der Waals surface area (Å²) < 4.78 is 7.71. The van der Waals surface area contributed by atoms with Crippen LogP contribution < -0.4 is 0 Å². The fraction of sp³-hybridized carbons (Fsp3) is 0.500. The van der Waals surface area contributed by atoms with E-state index in [1.807, 2.05) is 54.5 Å². The Morgan fingerprint density at radius 2 is 1.88 bits per heavy atom. The number of thioether (sulfide) groups is 1. The fourth-order valence-electron chi connectivity index (χ4n) is 3.09. The van der Waals surface area contributed by atoms with Crippen molar-refractivity contribution in [2.45, 2.75) is 44.7 Å². The molecule has 2 heterocycles. The van der Waals surface area contributed by atoms with Crippen molar-refractivity contribution in [2.75, 3.05) is 18.8 Å². The lowest BCUT2D eigenvalue weighted by atomic mass is 10.2. The maximum absolute atomic E-state index is 12.6. The normalized spacial score (nSPS) is 20.4. The van der Waals surface area contributed by atoms with E-state index in [2.05, 4.69) is 10.2 Å². The highest BCUT2D eigenvalue weighted by molar-refractivity contribution is 7.99. The number of nitrogens with zero attached hydrogens (tertiary/aromatic N) is 4. The van der Waals surface area contributed by atoms with Crippen molar-refractivity contribution in [3.8, 4) is 11.4 Å². The number of carbonyl (C=O) groups excluding carboxylic acids is 1. The van der Waals surface area contributed by atoms with E-state index in [-0.39, 0.29) is 18.1 Å². The van der Waals surface area contributed by atoms with Crippen LogP contribution in [0.2, 0.25) is 5.02 Å². The van der Waals surface area contributed by atoms with Crippen molar-refractivity contribution in [3.63, 3.8) is 0 Å². The predicted octanol–water partition coefficient (Wildman–Crippen LogP) is 3.35. The molecule has 26 heavy (non-hydrogen) atoms. The summed E-state index contributed by atoms with van der Waals surface area (Å²) in [6, 6.07) is 7.52. The molecule has 8 heteroatoms. The Morgan fingerprint density at radius 1 is 1.23 bits per heavy atom. The molecule has 3 rings (SSSR count). The first-order valence-electron chi connectivity index (χ1n) is 8.73. The van der Waals surface area contributed by atoms with Crippen molar-refractivity contribution in [2.24, 2.45) is 0 Å². The molecule has 1 aliphatic heterocycles. The first-order valence-corrected chi connectivity index (χ1v) is 10.1. The van der Waals surface area contributed by atoms with Crippen LogP contribution >= 0.6 is 23.4 Å². The Labute approximate surface area is 162 Å². The first kappa shape index (κ1) is 19.2. The topological polar surface area (TPSA) is 60.2 Å². The zero-order valence-corrected chi connectivity index (χ0v) is 16.8. The van der Waals surface area contributed by atoms with Crippen LogP contribution in [-0.2, 0) is 16.1 Å². The number of benzene rings is 1. The number of morpholine rings is 1. The number of hydrogen-bond acceptors (Lipinski definition) is 5. The van der Waals surface area contributed by atoms with Crippen molar-refractivity contribution >= 4 is 29.3 Å². The lowest BCUT2D eigenvalue weighted by molar-refractivity contribution is -0.140. The molecule has 0 aliphatic carbocycles. The van der Waals surface area contributed by atoms with Gasteiger partial charge in [0.15, 0.2) is 11.0 Å². The molecule has 1 aliphatic rings. The van der Waals surface area contributed by atoms with Gasteiger partial charge in [0.05, 0.1) is 18.0 Å². The number of rotatable bonds is 5. The Hall–Kier alpha value is -1.57. The van der Waals surface area contributed by atoms with Crippen LogP contribution in [-0.4, -0.2) is 56.6 Å². The predicted molar refractivity (Wildman–Crippen MR) is 103 cm³/mol. The summed E-state index contributed by atoms with van der Waals surface area (Å²) in [6.45, 7) is 8.04. The van der Waals surface area contributed by atoms with E-state index in [9.17, 15) is 4.79 Å². The smallest absolute Gasteiger partial charge is 0.233 e. The first-order chi connectivity index (χ1) is 12.5. The van der Waals surface area contributed by atoms with E-state index in [0.717, 1.165) is 23.1 Å². The van der Waals surface area contributed by atoms with Gasteiger partial charge in [-0.1, -0.05) is 23.4 Å². The highest BCUT2D eigenvalue weighted by Crippen LogP contribution is 2.25. The summed E-state index contributed by atoms with van der Waals surface area (Å²) in [5.41, 5.74) is 0.956. The maximum Gasteiger partial charge on any atom is 0.233 e. The minimum absolute atomic E-state index is 0.0727. The molecule has 0 radical (unpaired) electrons. The van der Waals surface area contributed by atoms with Gasteiger partial charge < -0.3 is 14.2 Å². The second-order valence-electron chi connectivity index (χ2n) is 6.40. The Balaban J connectivity index is 1.68. The van der Waals surface area contributed by atoms with Gasteiger partial charge in [0.1, 0.15) is 0 Å². The van der Waals surface area contributed by atoms with Crippen molar-refractivity contribution < 1.29 is 9.53 Å². The summed E-state index contributed by atoms with van der Waals surface area (Å²) in [5, 5.41) is 10.0. The molecule has 0 bridgehead atoms. The lowest BCUT2D eigenvalue weighted by Gasteiger charge is -2.35. The summed E-state index contributed by atoms with van der Waals surface area (Å²) in [6.07, 6.45) is 0.145. The Morgan fingerprint density at radius 3 is 2.50 bits per heavy atom. The number of aromatic nitrogens is 3. The molecule has 0 saturated carbocycles. The quantitative estimate of drug-likeness (QED) is 0.728. The lowest BCUT2D eigenvalue weighted by Crippen LogP contribution is -2.48. The molecule has 2 aromatic rings. The second kappa shape index (κ2) is 8.41. The summed E-state index contributed by atoms with van der Waals surface area (Å²) in [5.74, 6) is 1.24. The van der Waals surface area contributed by atoms with Crippen LogP contribution in [0.15, 0.2) is 29.4 Å².